The van der Waals surface area contributed by atoms with Gasteiger partial charge in [0.1, 0.15) is 17.3 Å². The van der Waals surface area contributed by atoms with Gasteiger partial charge in [0.25, 0.3) is 0 Å². The van der Waals surface area contributed by atoms with Crippen LogP contribution in [0.3, 0.4) is 0 Å². The topological polar surface area (TPSA) is 18.5 Å². The highest BCUT2D eigenvalue weighted by molar-refractivity contribution is 5.71. The second-order valence-corrected chi connectivity index (χ2v) is 8.06. The van der Waals surface area contributed by atoms with Gasteiger partial charge in [-0.1, -0.05) is 61.9 Å². The molecule has 0 unspecified atom stereocenters. The fourth-order valence-corrected chi connectivity index (χ4v) is 3.80. The Morgan fingerprint density at radius 3 is 1.91 bits per heavy atom. The molecule has 4 aromatic carbocycles. The Kier molecular flexibility index (Phi) is 7.39. The van der Waals surface area contributed by atoms with Gasteiger partial charge in [-0.05, 0) is 71.1 Å². The van der Waals surface area contributed by atoms with Crippen molar-refractivity contribution in [1.29, 1.82) is 0 Å². The molecule has 0 aromatic heterocycles. The van der Waals surface area contributed by atoms with Crippen molar-refractivity contribution < 1.29 is 27.0 Å². The lowest BCUT2D eigenvalue weighted by molar-refractivity contribution is -0.185. The van der Waals surface area contributed by atoms with E-state index in [0.29, 0.717) is 11.1 Å². The predicted octanol–water partition coefficient (Wildman–Crippen LogP) is 8.55. The Bertz CT molecular complexity index is 1250. The summed E-state index contributed by atoms with van der Waals surface area (Å²) in [7, 11) is 0. The van der Waals surface area contributed by atoms with Crippen LogP contribution in [-0.2, 0) is 12.5 Å². The molecule has 0 radical (unpaired) electrons. The first-order valence-electron chi connectivity index (χ1n) is 11.2. The standard InChI is InChI=1S/C29H24F4O2/c1-2-3-20-4-6-21(7-5-20)23-10-17-27(28(31)18-23)22-8-11-24(12-9-22)29(32,33)35-26-15-13-25(14-16-26)34-19-30/h4-18H,2-3,19H2,1H3. The van der Waals surface area contributed by atoms with Gasteiger partial charge in [-0.15, -0.1) is 0 Å². The van der Waals surface area contributed by atoms with Crippen molar-refractivity contribution >= 4 is 0 Å². The zero-order chi connectivity index (χ0) is 24.8. The second-order valence-electron chi connectivity index (χ2n) is 8.06. The predicted molar refractivity (Wildman–Crippen MR) is 129 cm³/mol. The summed E-state index contributed by atoms with van der Waals surface area (Å²) < 4.78 is 65.8. The monoisotopic (exact) mass is 480 g/mol. The maximum Gasteiger partial charge on any atom is 0.426 e. The summed E-state index contributed by atoms with van der Waals surface area (Å²) >= 11 is 0. The van der Waals surface area contributed by atoms with Crippen LogP contribution in [0.1, 0.15) is 24.5 Å². The van der Waals surface area contributed by atoms with Crippen molar-refractivity contribution in [3.63, 3.8) is 0 Å². The molecule has 0 fully saturated rings. The molecule has 4 aromatic rings. The highest BCUT2D eigenvalue weighted by Crippen LogP contribution is 2.34. The summed E-state index contributed by atoms with van der Waals surface area (Å²) in [5, 5.41) is 0. The summed E-state index contributed by atoms with van der Waals surface area (Å²) in [6, 6.07) is 23.4. The smallest absolute Gasteiger partial charge is 0.426 e. The Morgan fingerprint density at radius 1 is 0.714 bits per heavy atom. The summed E-state index contributed by atoms with van der Waals surface area (Å²) in [4.78, 5) is 0. The molecule has 0 aliphatic heterocycles. The minimum absolute atomic E-state index is 0.102. The van der Waals surface area contributed by atoms with E-state index in [-0.39, 0.29) is 17.1 Å². The fraction of sp³-hybridized carbons (Fsp3) is 0.172. The Labute approximate surface area is 201 Å². The molecule has 0 amide bonds. The summed E-state index contributed by atoms with van der Waals surface area (Å²) in [6.07, 6.45) is -1.56. The van der Waals surface area contributed by atoms with E-state index in [2.05, 4.69) is 11.7 Å². The molecule has 2 nitrogen and oxygen atoms in total. The van der Waals surface area contributed by atoms with Crippen LogP contribution in [0.25, 0.3) is 22.3 Å². The van der Waals surface area contributed by atoms with E-state index in [1.54, 1.807) is 6.07 Å². The van der Waals surface area contributed by atoms with Crippen LogP contribution in [0.4, 0.5) is 17.6 Å². The molecule has 0 atom stereocenters. The Hall–Kier alpha value is -3.80. The van der Waals surface area contributed by atoms with Gasteiger partial charge >= 0.3 is 6.11 Å². The zero-order valence-corrected chi connectivity index (χ0v) is 19.1. The molecule has 4 rings (SSSR count). The van der Waals surface area contributed by atoms with Gasteiger partial charge in [0.05, 0.1) is 5.56 Å². The van der Waals surface area contributed by atoms with Crippen molar-refractivity contribution in [2.75, 3.05) is 6.86 Å². The third-order valence-corrected chi connectivity index (χ3v) is 5.62. The fourth-order valence-electron chi connectivity index (χ4n) is 3.80. The van der Waals surface area contributed by atoms with Gasteiger partial charge in [-0.25, -0.2) is 8.78 Å². The van der Waals surface area contributed by atoms with Crippen molar-refractivity contribution in [1.82, 2.24) is 0 Å². The van der Waals surface area contributed by atoms with E-state index in [0.717, 1.165) is 24.0 Å². The molecule has 0 N–H and O–H groups in total. The number of hydrogen-bond acceptors (Lipinski definition) is 2. The van der Waals surface area contributed by atoms with E-state index < -0.39 is 18.8 Å². The molecule has 0 saturated carbocycles. The van der Waals surface area contributed by atoms with Gasteiger partial charge in [0.2, 0.25) is 6.86 Å². The Morgan fingerprint density at radius 2 is 1.31 bits per heavy atom. The lowest BCUT2D eigenvalue weighted by Crippen LogP contribution is -2.21. The SMILES string of the molecule is CCCc1ccc(-c2ccc(-c3ccc(C(F)(F)Oc4ccc(OCF)cc4)cc3)c(F)c2)cc1. The second kappa shape index (κ2) is 10.6. The van der Waals surface area contributed by atoms with E-state index in [4.69, 9.17) is 4.74 Å². The third-order valence-electron chi connectivity index (χ3n) is 5.62. The van der Waals surface area contributed by atoms with Crippen LogP contribution in [-0.4, -0.2) is 6.86 Å². The third kappa shape index (κ3) is 5.83. The first-order chi connectivity index (χ1) is 16.9. The van der Waals surface area contributed by atoms with Crippen LogP contribution in [0.2, 0.25) is 0 Å². The minimum Gasteiger partial charge on any atom is -0.463 e. The van der Waals surface area contributed by atoms with Crippen LogP contribution in [0, 0.1) is 5.82 Å². The number of alkyl halides is 3. The Balaban J connectivity index is 1.49. The average Bonchev–Trinajstić information content (AvgIpc) is 2.86. The van der Waals surface area contributed by atoms with Gasteiger partial charge in [-0.3, -0.25) is 0 Å². The summed E-state index contributed by atoms with van der Waals surface area (Å²) in [6.45, 7) is 1.10. The highest BCUT2D eigenvalue weighted by atomic mass is 19.3. The van der Waals surface area contributed by atoms with Crippen molar-refractivity contribution in [3.8, 4) is 33.8 Å². The molecular formula is C29H24F4O2. The number of halogens is 4. The molecule has 0 spiro atoms. The molecule has 6 heteroatoms. The van der Waals surface area contributed by atoms with Gasteiger partial charge in [-0.2, -0.15) is 8.78 Å². The van der Waals surface area contributed by atoms with E-state index in [9.17, 15) is 17.6 Å². The molecule has 180 valence electrons. The van der Waals surface area contributed by atoms with Crippen molar-refractivity contribution in [2.24, 2.45) is 0 Å². The summed E-state index contributed by atoms with van der Waals surface area (Å²) in [5.74, 6) is -0.338. The first kappa shape index (κ1) is 24.3. The zero-order valence-electron chi connectivity index (χ0n) is 19.1. The summed E-state index contributed by atoms with van der Waals surface area (Å²) in [5.41, 5.74) is 3.29. The van der Waals surface area contributed by atoms with Crippen LogP contribution < -0.4 is 9.47 Å². The number of ether oxygens (including phenoxy) is 2. The molecule has 35 heavy (non-hydrogen) atoms. The lowest BCUT2D eigenvalue weighted by Gasteiger charge is -2.19. The number of hydrogen-bond donors (Lipinski definition) is 0. The van der Waals surface area contributed by atoms with E-state index in [1.807, 2.05) is 30.3 Å². The van der Waals surface area contributed by atoms with Crippen LogP contribution in [0.5, 0.6) is 11.5 Å². The first-order valence-corrected chi connectivity index (χ1v) is 11.2. The van der Waals surface area contributed by atoms with E-state index >= 15 is 0 Å². The van der Waals surface area contributed by atoms with Gasteiger partial charge in [0.15, 0.2) is 0 Å². The van der Waals surface area contributed by atoms with Crippen molar-refractivity contribution in [3.05, 3.63) is 108 Å². The molecule has 0 bridgehead atoms. The number of benzene rings is 4. The van der Waals surface area contributed by atoms with Crippen LogP contribution >= 0.6 is 0 Å². The molecule has 0 heterocycles. The molecule has 0 aliphatic carbocycles. The maximum atomic E-state index is 14.9. The normalized spacial score (nSPS) is 11.3. The number of rotatable bonds is 9. The minimum atomic E-state index is -3.62. The largest absolute Gasteiger partial charge is 0.463 e. The average molecular weight is 481 g/mol. The van der Waals surface area contributed by atoms with Gasteiger partial charge in [0, 0.05) is 5.56 Å². The molecular weight excluding hydrogens is 456 g/mol. The highest BCUT2D eigenvalue weighted by Gasteiger charge is 2.34. The number of aryl methyl sites for hydroxylation is 1. The maximum absolute atomic E-state index is 14.9. The molecule has 0 saturated heterocycles. The van der Waals surface area contributed by atoms with Gasteiger partial charge < -0.3 is 9.47 Å². The van der Waals surface area contributed by atoms with Crippen molar-refractivity contribution in [2.45, 2.75) is 25.9 Å². The van der Waals surface area contributed by atoms with Crippen LogP contribution in [0.15, 0.2) is 91.0 Å². The lowest BCUT2D eigenvalue weighted by atomic mass is 9.98. The van der Waals surface area contributed by atoms with E-state index in [1.165, 1.54) is 60.2 Å². The quantitative estimate of drug-likeness (QED) is 0.224. The molecule has 0 aliphatic rings.